The van der Waals surface area contributed by atoms with Gasteiger partial charge < -0.3 is 20.4 Å². The van der Waals surface area contributed by atoms with Gasteiger partial charge in [0.05, 0.1) is 25.2 Å². The van der Waals surface area contributed by atoms with Crippen LogP contribution >= 0.6 is 11.3 Å². The minimum absolute atomic E-state index is 0.0946. The zero-order chi connectivity index (χ0) is 20.8. The van der Waals surface area contributed by atoms with Crippen LogP contribution in [-0.4, -0.2) is 38.6 Å². The molecule has 0 aliphatic carbocycles. The van der Waals surface area contributed by atoms with E-state index in [0.29, 0.717) is 0 Å². The van der Waals surface area contributed by atoms with Crippen LogP contribution in [0.25, 0.3) is 17.2 Å². The molecule has 0 unspecified atom stereocenters. The third kappa shape index (κ3) is 5.72. The second-order valence-corrected chi connectivity index (χ2v) is 8.05. The van der Waals surface area contributed by atoms with E-state index in [2.05, 4.69) is 0 Å². The molecule has 0 fully saturated rings. The molecule has 5 nitrogen and oxygen atoms in total. The molecule has 0 saturated heterocycles. The first-order chi connectivity index (χ1) is 13.2. The summed E-state index contributed by atoms with van der Waals surface area (Å²) in [5.74, 6) is -1.32. The first-order valence-electron chi connectivity index (χ1n) is 9.01. The number of carbonyl (C=O) groups is 1. The van der Waals surface area contributed by atoms with Crippen LogP contribution in [0, 0.1) is 5.82 Å². The minimum Gasteiger partial charge on any atom is -0.481 e. The van der Waals surface area contributed by atoms with E-state index in [1.54, 1.807) is 18.2 Å². The molecule has 0 bridgehead atoms. The van der Waals surface area contributed by atoms with Crippen LogP contribution in [0.3, 0.4) is 0 Å². The van der Waals surface area contributed by atoms with Crippen LogP contribution in [-0.2, 0) is 11.4 Å². The quantitative estimate of drug-likeness (QED) is 0.506. The number of rotatable bonds is 9. The molecular weight excluding hydrogens is 383 g/mol. The number of hydrogen-bond acceptors (Lipinski definition) is 5. The highest BCUT2D eigenvalue weighted by Gasteiger charge is 2.20. The molecule has 7 heteroatoms. The van der Waals surface area contributed by atoms with Crippen LogP contribution in [0.4, 0.5) is 4.39 Å². The Hall–Kier alpha value is -2.06. The SMILES string of the molecule is CC(C)c1sc(CO)c(-c2ccc(F)cc2)c1/C=C/[C@@H](O)C[C@@H](O)CC(=O)O. The molecule has 1 aromatic heterocycles. The molecule has 0 aliphatic heterocycles. The highest BCUT2D eigenvalue weighted by Crippen LogP contribution is 2.41. The predicted molar refractivity (Wildman–Crippen MR) is 108 cm³/mol. The highest BCUT2D eigenvalue weighted by molar-refractivity contribution is 7.12. The number of benzene rings is 1. The molecule has 0 saturated carbocycles. The zero-order valence-electron chi connectivity index (χ0n) is 15.8. The number of thiophene rings is 1. The van der Waals surface area contributed by atoms with Crippen LogP contribution in [0.1, 0.15) is 47.9 Å². The van der Waals surface area contributed by atoms with Gasteiger partial charge in [0.15, 0.2) is 0 Å². The van der Waals surface area contributed by atoms with Crippen LogP contribution in [0.5, 0.6) is 0 Å². The van der Waals surface area contributed by atoms with Crippen molar-refractivity contribution in [3.63, 3.8) is 0 Å². The smallest absolute Gasteiger partial charge is 0.305 e. The van der Waals surface area contributed by atoms with Crippen molar-refractivity contribution < 1.29 is 29.6 Å². The first kappa shape index (κ1) is 22.2. The van der Waals surface area contributed by atoms with Gasteiger partial charge in [-0.05, 0) is 29.2 Å². The molecule has 152 valence electrons. The van der Waals surface area contributed by atoms with Crippen molar-refractivity contribution >= 4 is 23.4 Å². The largest absolute Gasteiger partial charge is 0.481 e. The van der Waals surface area contributed by atoms with Gasteiger partial charge in [0.2, 0.25) is 0 Å². The van der Waals surface area contributed by atoms with Gasteiger partial charge >= 0.3 is 5.97 Å². The number of aliphatic hydroxyl groups excluding tert-OH is 3. The van der Waals surface area contributed by atoms with Gasteiger partial charge in [-0.15, -0.1) is 11.3 Å². The fourth-order valence-corrected chi connectivity index (χ4v) is 4.18. The Morgan fingerprint density at radius 3 is 2.39 bits per heavy atom. The van der Waals surface area contributed by atoms with E-state index in [4.69, 9.17) is 5.11 Å². The van der Waals surface area contributed by atoms with Crippen molar-refractivity contribution in [2.45, 2.75) is 51.4 Å². The number of hydrogen-bond donors (Lipinski definition) is 4. The van der Waals surface area contributed by atoms with E-state index in [0.717, 1.165) is 26.4 Å². The molecule has 1 heterocycles. The Kier molecular flexibility index (Phi) is 7.88. The van der Waals surface area contributed by atoms with Gasteiger partial charge in [-0.25, -0.2) is 4.39 Å². The molecule has 4 N–H and O–H groups in total. The predicted octanol–water partition coefficient (Wildman–Crippen LogP) is 3.77. The number of aliphatic carboxylic acids is 1. The third-order valence-corrected chi connectivity index (χ3v) is 5.75. The normalized spacial score (nSPS) is 14.0. The summed E-state index contributed by atoms with van der Waals surface area (Å²) in [5.41, 5.74) is 2.36. The molecule has 2 aromatic rings. The van der Waals surface area contributed by atoms with Crippen molar-refractivity contribution in [3.8, 4) is 11.1 Å². The van der Waals surface area contributed by atoms with Crippen molar-refractivity contribution in [2.24, 2.45) is 0 Å². The lowest BCUT2D eigenvalue weighted by atomic mass is 9.96. The van der Waals surface area contributed by atoms with E-state index in [1.165, 1.54) is 29.5 Å². The second kappa shape index (κ2) is 9.93. The van der Waals surface area contributed by atoms with E-state index < -0.39 is 24.6 Å². The summed E-state index contributed by atoms with van der Waals surface area (Å²) in [4.78, 5) is 12.4. The van der Waals surface area contributed by atoms with E-state index in [-0.39, 0.29) is 24.8 Å². The Morgan fingerprint density at radius 2 is 1.86 bits per heavy atom. The standard InChI is InChI=1S/C21H25FO5S/c1-12(2)21-17(8-7-15(24)9-16(25)10-19(26)27)20(18(11-23)28-21)13-3-5-14(22)6-4-13/h3-8,12,15-16,23-25H,9-11H2,1-2H3,(H,26,27)/b8-7+/t15-,16-/m1/s1. The zero-order valence-corrected chi connectivity index (χ0v) is 16.6. The molecule has 0 spiro atoms. The topological polar surface area (TPSA) is 98.0 Å². The van der Waals surface area contributed by atoms with Crippen molar-refractivity contribution in [3.05, 3.63) is 51.5 Å². The van der Waals surface area contributed by atoms with Gasteiger partial charge in [-0.1, -0.05) is 38.1 Å². The maximum Gasteiger partial charge on any atom is 0.305 e. The molecule has 1 aromatic carbocycles. The maximum absolute atomic E-state index is 13.3. The summed E-state index contributed by atoms with van der Waals surface area (Å²) in [7, 11) is 0. The molecule has 2 rings (SSSR count). The van der Waals surface area contributed by atoms with Crippen LogP contribution in [0.2, 0.25) is 0 Å². The fourth-order valence-electron chi connectivity index (χ4n) is 3.00. The fraction of sp³-hybridized carbons (Fsp3) is 0.381. The average molecular weight is 408 g/mol. The van der Waals surface area contributed by atoms with Crippen molar-refractivity contribution in [2.75, 3.05) is 0 Å². The van der Waals surface area contributed by atoms with Crippen LogP contribution < -0.4 is 0 Å². The number of aliphatic hydroxyl groups is 3. The number of carboxylic acid groups (broad SMARTS) is 1. The molecule has 28 heavy (non-hydrogen) atoms. The summed E-state index contributed by atoms with van der Waals surface area (Å²) in [6, 6.07) is 6.00. The van der Waals surface area contributed by atoms with E-state index >= 15 is 0 Å². The summed E-state index contributed by atoms with van der Waals surface area (Å²) in [6.45, 7) is 3.88. The van der Waals surface area contributed by atoms with Gasteiger partial charge in [-0.3, -0.25) is 4.79 Å². The summed E-state index contributed by atoms with van der Waals surface area (Å²) in [5, 5.41) is 38.4. The lowest BCUT2D eigenvalue weighted by Crippen LogP contribution is -2.19. The van der Waals surface area contributed by atoms with Gasteiger partial charge in [0, 0.05) is 21.7 Å². The first-order valence-corrected chi connectivity index (χ1v) is 9.83. The Labute approximate surface area is 167 Å². The lowest BCUT2D eigenvalue weighted by Gasteiger charge is -2.12. The lowest BCUT2D eigenvalue weighted by molar-refractivity contribution is -0.139. The molecule has 2 atom stereocenters. The van der Waals surface area contributed by atoms with Gasteiger partial charge in [0.25, 0.3) is 0 Å². The number of halogens is 1. The monoisotopic (exact) mass is 408 g/mol. The second-order valence-electron chi connectivity index (χ2n) is 6.91. The van der Waals surface area contributed by atoms with E-state index in [1.807, 2.05) is 13.8 Å². The third-order valence-electron chi connectivity index (χ3n) is 4.26. The Morgan fingerprint density at radius 1 is 1.21 bits per heavy atom. The number of carboxylic acids is 1. The molecule has 0 aliphatic rings. The van der Waals surface area contributed by atoms with Crippen LogP contribution in [0.15, 0.2) is 30.3 Å². The Balaban J connectivity index is 2.39. The van der Waals surface area contributed by atoms with E-state index in [9.17, 15) is 24.5 Å². The summed E-state index contributed by atoms with van der Waals surface area (Å²) < 4.78 is 13.3. The Bertz CT molecular complexity index is 826. The van der Waals surface area contributed by atoms with Crippen molar-refractivity contribution in [1.29, 1.82) is 0 Å². The minimum atomic E-state index is -1.14. The van der Waals surface area contributed by atoms with Crippen molar-refractivity contribution in [1.82, 2.24) is 0 Å². The molecule has 0 radical (unpaired) electrons. The summed E-state index contributed by atoms with van der Waals surface area (Å²) in [6.07, 6.45) is 0.537. The molecular formula is C21H25FO5S. The average Bonchev–Trinajstić information content (AvgIpc) is 2.98. The maximum atomic E-state index is 13.3. The van der Waals surface area contributed by atoms with Gasteiger partial charge in [-0.2, -0.15) is 0 Å². The highest BCUT2D eigenvalue weighted by atomic mass is 32.1. The summed E-state index contributed by atoms with van der Waals surface area (Å²) >= 11 is 1.46. The van der Waals surface area contributed by atoms with Gasteiger partial charge in [0.1, 0.15) is 5.82 Å². The molecule has 0 amide bonds.